The summed E-state index contributed by atoms with van der Waals surface area (Å²) in [5.74, 6) is -5.52. The van der Waals surface area contributed by atoms with E-state index in [4.69, 9.17) is 10.2 Å². The minimum Gasteiger partial charge on any atom is -0.549 e. The normalized spacial score (nSPS) is 10.2. The number of hydrogen-bond donors (Lipinski definition) is 2. The van der Waals surface area contributed by atoms with E-state index in [0.29, 0.717) is 0 Å². The number of carboxylic acids is 4. The zero-order chi connectivity index (χ0) is 15.7. The largest absolute Gasteiger partial charge is 2.00 e. The Morgan fingerprint density at radius 1 is 0.714 bits per heavy atom. The van der Waals surface area contributed by atoms with Gasteiger partial charge in [-0.2, -0.15) is 0 Å². The molecule has 0 aliphatic rings. The maximum Gasteiger partial charge on any atom is 2.00 e. The quantitative estimate of drug-likeness (QED) is 0.333. The number of hydrogen-bond acceptors (Lipinski definition) is 8. The number of aliphatic carboxylic acids is 4. The molecule has 21 heavy (non-hydrogen) atoms. The predicted octanol–water partition coefficient (Wildman–Crippen LogP) is -5.12. The van der Waals surface area contributed by atoms with Gasteiger partial charge < -0.3 is 30.0 Å². The van der Waals surface area contributed by atoms with E-state index in [1.807, 2.05) is 0 Å². The maximum absolute atomic E-state index is 10.5. The van der Waals surface area contributed by atoms with Crippen LogP contribution in [0.4, 0.5) is 0 Å². The van der Waals surface area contributed by atoms with E-state index in [1.165, 1.54) is 0 Å². The Morgan fingerprint density at radius 2 is 1.00 bits per heavy atom. The van der Waals surface area contributed by atoms with E-state index in [9.17, 15) is 29.4 Å². The first-order valence-corrected chi connectivity index (χ1v) is 5.48. The number of carbonyl (C=O) groups excluding carboxylic acids is 2. The van der Waals surface area contributed by atoms with Gasteiger partial charge in [0.25, 0.3) is 0 Å². The van der Waals surface area contributed by atoms with Crippen LogP contribution in [0.3, 0.4) is 0 Å². The van der Waals surface area contributed by atoms with Crippen LogP contribution >= 0.6 is 0 Å². The topological polar surface area (TPSA) is 161 Å². The van der Waals surface area contributed by atoms with E-state index in [0.717, 1.165) is 9.80 Å². The second kappa shape index (κ2) is 11.9. The van der Waals surface area contributed by atoms with Crippen molar-refractivity contribution in [3.05, 3.63) is 0 Å². The molecule has 0 rings (SSSR count). The van der Waals surface area contributed by atoms with Crippen LogP contribution in [0, 0.1) is 0 Å². The Hall–Kier alpha value is -0.719. The Bertz CT molecular complexity index is 321. The zero-order valence-electron chi connectivity index (χ0n) is 11.2. The van der Waals surface area contributed by atoms with Crippen LogP contribution in [0.25, 0.3) is 0 Å². The maximum atomic E-state index is 10.5. The number of nitrogens with zero attached hydrogens (tertiary/aromatic N) is 2. The summed E-state index contributed by atoms with van der Waals surface area (Å²) in [6, 6.07) is 0. The van der Waals surface area contributed by atoms with Gasteiger partial charge in [-0.1, -0.05) is 0 Å². The van der Waals surface area contributed by atoms with Crippen LogP contribution in [0.2, 0.25) is 0 Å². The Labute approximate surface area is 157 Å². The fraction of sp³-hybridized carbons (Fsp3) is 0.600. The number of carbonyl (C=O) groups is 4. The van der Waals surface area contributed by atoms with Crippen molar-refractivity contribution in [3.8, 4) is 0 Å². The average molecular weight is 378 g/mol. The molecule has 0 atom stereocenters. The fourth-order valence-corrected chi connectivity index (χ4v) is 1.46. The molecule has 0 aliphatic carbocycles. The summed E-state index contributed by atoms with van der Waals surface area (Å²) in [4.78, 5) is 43.9. The van der Waals surface area contributed by atoms with E-state index >= 15 is 0 Å². The van der Waals surface area contributed by atoms with Gasteiger partial charge in [-0.3, -0.25) is 19.4 Å². The standard InChI is InChI=1S/C10H16N2O8.Sr/c13-7(14)3-11(4-8(15)16)1-2-12(5-9(17)18)6-10(19)20;/h1-6H2,(H,13,14)(H,15,16)(H,17,18)(H,19,20);/q;+2/p-2. The van der Waals surface area contributed by atoms with Crippen molar-refractivity contribution in [1.82, 2.24) is 9.80 Å². The summed E-state index contributed by atoms with van der Waals surface area (Å²) in [5.41, 5.74) is 0. The van der Waals surface area contributed by atoms with Gasteiger partial charge in [-0.05, 0) is 0 Å². The molecule has 0 unspecified atom stereocenters. The molecule has 0 aliphatic heterocycles. The zero-order valence-corrected chi connectivity index (χ0v) is 14.7. The van der Waals surface area contributed by atoms with Gasteiger partial charge >= 0.3 is 57.4 Å². The molecule has 10 nitrogen and oxygen atoms in total. The van der Waals surface area contributed by atoms with Crippen LogP contribution in [0.5, 0.6) is 0 Å². The van der Waals surface area contributed by atoms with Crippen molar-refractivity contribution in [2.75, 3.05) is 39.3 Å². The van der Waals surface area contributed by atoms with Crippen molar-refractivity contribution in [3.63, 3.8) is 0 Å². The minimum atomic E-state index is -1.51. The molecule has 0 amide bonds. The molecule has 114 valence electrons. The second-order valence-corrected chi connectivity index (χ2v) is 3.95. The van der Waals surface area contributed by atoms with E-state index < -0.39 is 50.1 Å². The van der Waals surface area contributed by atoms with Crippen LogP contribution in [-0.2, 0) is 19.2 Å². The minimum absolute atomic E-state index is 0. The van der Waals surface area contributed by atoms with Gasteiger partial charge in [0.1, 0.15) is 0 Å². The number of carboxylic acid groups (broad SMARTS) is 4. The molecule has 0 spiro atoms. The third-order valence-corrected chi connectivity index (χ3v) is 2.16. The molecule has 0 aromatic heterocycles. The molecule has 0 radical (unpaired) electrons. The van der Waals surface area contributed by atoms with Crippen molar-refractivity contribution < 1.29 is 39.6 Å². The molecule has 0 aromatic rings. The first-order valence-electron chi connectivity index (χ1n) is 5.48. The third kappa shape index (κ3) is 14.0. The summed E-state index contributed by atoms with van der Waals surface area (Å²) >= 11 is 0. The summed E-state index contributed by atoms with van der Waals surface area (Å²) in [6.07, 6.45) is 0. The van der Waals surface area contributed by atoms with Crippen LogP contribution in [0.1, 0.15) is 0 Å². The van der Waals surface area contributed by atoms with Crippen molar-refractivity contribution >= 4 is 69.4 Å². The van der Waals surface area contributed by atoms with Crippen LogP contribution in [-0.4, -0.2) is 129 Å². The molecule has 11 heteroatoms. The molecule has 0 aromatic carbocycles. The summed E-state index contributed by atoms with van der Waals surface area (Å²) in [5, 5.41) is 38.0. The molecular weight excluding hydrogens is 364 g/mol. The van der Waals surface area contributed by atoms with Gasteiger partial charge in [0.15, 0.2) is 0 Å². The van der Waals surface area contributed by atoms with E-state index in [1.54, 1.807) is 0 Å². The Balaban J connectivity index is 0. The van der Waals surface area contributed by atoms with Crippen LogP contribution < -0.4 is 10.2 Å². The summed E-state index contributed by atoms with van der Waals surface area (Å²) in [7, 11) is 0. The first-order chi connectivity index (χ1) is 9.20. The van der Waals surface area contributed by atoms with Gasteiger partial charge in [-0.25, -0.2) is 0 Å². The summed E-state index contributed by atoms with van der Waals surface area (Å²) < 4.78 is 0. The fourth-order valence-electron chi connectivity index (χ4n) is 1.46. The SMILES string of the molecule is O=C([O-])CN(CCN(CC(=O)O)CC(=O)O)CC(=O)[O-].[Sr+2]. The van der Waals surface area contributed by atoms with E-state index in [2.05, 4.69) is 0 Å². The molecule has 0 saturated carbocycles. The molecule has 2 N–H and O–H groups in total. The number of rotatable bonds is 11. The average Bonchev–Trinajstić information content (AvgIpc) is 2.22. The Morgan fingerprint density at radius 3 is 1.24 bits per heavy atom. The van der Waals surface area contributed by atoms with E-state index in [-0.39, 0.29) is 58.6 Å². The van der Waals surface area contributed by atoms with Gasteiger partial charge in [0.2, 0.25) is 0 Å². The van der Waals surface area contributed by atoms with Crippen molar-refractivity contribution in [2.24, 2.45) is 0 Å². The second-order valence-electron chi connectivity index (χ2n) is 3.95. The monoisotopic (exact) mass is 378 g/mol. The molecule has 0 bridgehead atoms. The Kier molecular flexibility index (Phi) is 12.8. The van der Waals surface area contributed by atoms with Crippen LogP contribution in [0.15, 0.2) is 0 Å². The van der Waals surface area contributed by atoms with Gasteiger partial charge in [0.05, 0.1) is 25.0 Å². The predicted molar refractivity (Wildman–Crippen MR) is 63.9 cm³/mol. The molecular formula is C10H14N2O8Sr. The third-order valence-electron chi connectivity index (χ3n) is 2.16. The molecule has 0 heterocycles. The summed E-state index contributed by atoms with van der Waals surface area (Å²) in [6.45, 7) is -2.75. The van der Waals surface area contributed by atoms with Gasteiger partial charge in [-0.15, -0.1) is 0 Å². The first kappa shape index (κ1) is 22.6. The van der Waals surface area contributed by atoms with Crippen molar-refractivity contribution in [2.45, 2.75) is 0 Å². The molecule has 0 saturated heterocycles. The molecule has 0 fully saturated rings. The van der Waals surface area contributed by atoms with Crippen molar-refractivity contribution in [1.29, 1.82) is 0 Å². The van der Waals surface area contributed by atoms with Gasteiger partial charge in [0, 0.05) is 26.2 Å². The smallest absolute Gasteiger partial charge is 0.549 e.